The van der Waals surface area contributed by atoms with E-state index < -0.39 is 0 Å². The van der Waals surface area contributed by atoms with Crippen LogP contribution in [0.4, 0.5) is 0 Å². The van der Waals surface area contributed by atoms with Crippen LogP contribution in [0, 0.1) is 0 Å². The molecule has 5 heteroatoms. The lowest BCUT2D eigenvalue weighted by atomic mass is 10.2. The third kappa shape index (κ3) is 2.41. The molecule has 0 spiro atoms. The first-order chi connectivity index (χ1) is 7.68. The lowest BCUT2D eigenvalue weighted by Crippen LogP contribution is -2.52. The Morgan fingerprint density at radius 3 is 2.56 bits per heavy atom. The van der Waals surface area contributed by atoms with Gasteiger partial charge in [0.15, 0.2) is 0 Å². The van der Waals surface area contributed by atoms with E-state index in [1.807, 2.05) is 0 Å². The van der Waals surface area contributed by atoms with Crippen molar-refractivity contribution < 1.29 is 9.59 Å². The van der Waals surface area contributed by atoms with Crippen LogP contribution in [0.15, 0.2) is 0 Å². The summed E-state index contributed by atoms with van der Waals surface area (Å²) in [6, 6.07) is 0.488. The zero-order chi connectivity index (χ0) is 11.5. The Hall–Kier alpha value is -0.940. The maximum absolute atomic E-state index is 11.4. The first-order valence-corrected chi connectivity index (χ1v) is 5.96. The van der Waals surface area contributed by atoms with Crippen molar-refractivity contribution in [1.82, 2.24) is 15.1 Å². The summed E-state index contributed by atoms with van der Waals surface area (Å²) in [5.74, 6) is -0.0134. The first kappa shape index (κ1) is 11.5. The molecule has 2 heterocycles. The van der Waals surface area contributed by atoms with Crippen molar-refractivity contribution in [3.63, 3.8) is 0 Å². The number of rotatable bonds is 3. The summed E-state index contributed by atoms with van der Waals surface area (Å²) in [6.07, 6.45) is 0.798. The molecule has 2 saturated heterocycles. The number of nitrogens with zero attached hydrogens (tertiary/aromatic N) is 2. The predicted molar refractivity (Wildman–Crippen MR) is 59.9 cm³/mol. The van der Waals surface area contributed by atoms with Crippen LogP contribution in [-0.2, 0) is 9.59 Å². The van der Waals surface area contributed by atoms with Crippen LogP contribution in [-0.4, -0.2) is 60.4 Å². The maximum Gasteiger partial charge on any atom is 0.229 e. The smallest absolute Gasteiger partial charge is 0.229 e. The molecule has 2 amide bonds. The van der Waals surface area contributed by atoms with Gasteiger partial charge in [-0.25, -0.2) is 0 Å². The van der Waals surface area contributed by atoms with Crippen molar-refractivity contribution in [3.8, 4) is 0 Å². The zero-order valence-corrected chi connectivity index (χ0v) is 9.74. The van der Waals surface area contributed by atoms with Gasteiger partial charge in [-0.15, -0.1) is 0 Å². The summed E-state index contributed by atoms with van der Waals surface area (Å²) >= 11 is 0. The van der Waals surface area contributed by atoms with Crippen molar-refractivity contribution in [2.45, 2.75) is 25.8 Å². The number of piperazine rings is 1. The second-order valence-corrected chi connectivity index (χ2v) is 4.53. The maximum atomic E-state index is 11.4. The molecule has 0 aromatic carbocycles. The minimum absolute atomic E-state index is 0.00668. The molecule has 0 aromatic rings. The van der Waals surface area contributed by atoms with Gasteiger partial charge in [-0.1, -0.05) is 0 Å². The Bertz CT molecular complexity index is 277. The average Bonchev–Trinajstić information content (AvgIpc) is 2.58. The Labute approximate surface area is 95.8 Å². The third-order valence-electron chi connectivity index (χ3n) is 3.40. The molecule has 0 aliphatic carbocycles. The van der Waals surface area contributed by atoms with Gasteiger partial charge in [-0.2, -0.15) is 0 Å². The molecule has 2 rings (SSSR count). The highest BCUT2D eigenvalue weighted by Crippen LogP contribution is 2.12. The SMILES string of the molecule is CC1CNCCN1CCN1C(=O)CCC1=O. The second-order valence-electron chi connectivity index (χ2n) is 4.53. The highest BCUT2D eigenvalue weighted by molar-refractivity contribution is 6.01. The highest BCUT2D eigenvalue weighted by atomic mass is 16.2. The van der Waals surface area contributed by atoms with Gasteiger partial charge >= 0.3 is 0 Å². The van der Waals surface area contributed by atoms with Crippen LogP contribution >= 0.6 is 0 Å². The Morgan fingerprint density at radius 1 is 1.25 bits per heavy atom. The Balaban J connectivity index is 1.82. The van der Waals surface area contributed by atoms with Crippen molar-refractivity contribution in [2.24, 2.45) is 0 Å². The van der Waals surface area contributed by atoms with E-state index >= 15 is 0 Å². The molecule has 90 valence electrons. The van der Waals surface area contributed by atoms with Gasteiger partial charge in [-0.3, -0.25) is 19.4 Å². The topological polar surface area (TPSA) is 52.6 Å². The molecule has 0 aromatic heterocycles. The largest absolute Gasteiger partial charge is 0.314 e. The summed E-state index contributed by atoms with van der Waals surface area (Å²) in [7, 11) is 0. The normalized spacial score (nSPS) is 27.8. The molecule has 1 N–H and O–H groups in total. The van der Waals surface area contributed by atoms with E-state index in [0.29, 0.717) is 25.4 Å². The molecule has 2 aliphatic rings. The van der Waals surface area contributed by atoms with E-state index in [-0.39, 0.29) is 11.8 Å². The predicted octanol–water partition coefficient (Wildman–Crippen LogP) is -0.571. The van der Waals surface area contributed by atoms with Gasteiger partial charge < -0.3 is 5.32 Å². The summed E-state index contributed by atoms with van der Waals surface area (Å²) in [5.41, 5.74) is 0. The van der Waals surface area contributed by atoms with E-state index in [1.54, 1.807) is 0 Å². The molecule has 1 unspecified atom stereocenters. The fraction of sp³-hybridized carbons (Fsp3) is 0.818. The van der Waals surface area contributed by atoms with Crippen molar-refractivity contribution in [2.75, 3.05) is 32.7 Å². The number of imide groups is 1. The number of likely N-dealkylation sites (tertiary alicyclic amines) is 1. The molecular weight excluding hydrogens is 206 g/mol. The van der Waals surface area contributed by atoms with Crippen LogP contribution in [0.2, 0.25) is 0 Å². The standard InChI is InChI=1S/C11H19N3O2/c1-9-8-12-4-5-13(9)6-7-14-10(15)2-3-11(14)16/h9,12H,2-8H2,1H3. The lowest BCUT2D eigenvalue weighted by molar-refractivity contribution is -0.138. The minimum atomic E-state index is -0.00668. The molecule has 16 heavy (non-hydrogen) atoms. The molecular formula is C11H19N3O2. The van der Waals surface area contributed by atoms with Crippen molar-refractivity contribution >= 4 is 11.8 Å². The van der Waals surface area contributed by atoms with Crippen LogP contribution < -0.4 is 5.32 Å². The second kappa shape index (κ2) is 4.93. The molecule has 2 aliphatic heterocycles. The number of carbonyl (C=O) groups is 2. The number of amides is 2. The van der Waals surface area contributed by atoms with Crippen LogP contribution in [0.25, 0.3) is 0 Å². The Morgan fingerprint density at radius 2 is 1.94 bits per heavy atom. The highest BCUT2D eigenvalue weighted by Gasteiger charge is 2.29. The molecule has 2 fully saturated rings. The summed E-state index contributed by atoms with van der Waals surface area (Å²) in [6.45, 7) is 6.51. The van der Waals surface area contributed by atoms with Crippen LogP contribution in [0.5, 0.6) is 0 Å². The van der Waals surface area contributed by atoms with Gasteiger partial charge in [0.05, 0.1) is 0 Å². The van der Waals surface area contributed by atoms with Gasteiger partial charge in [0, 0.05) is 51.6 Å². The van der Waals surface area contributed by atoms with E-state index in [1.165, 1.54) is 4.90 Å². The van der Waals surface area contributed by atoms with Gasteiger partial charge in [0.25, 0.3) is 0 Å². The fourth-order valence-electron chi connectivity index (χ4n) is 2.32. The number of hydrogen-bond donors (Lipinski definition) is 1. The fourth-order valence-corrected chi connectivity index (χ4v) is 2.32. The molecule has 5 nitrogen and oxygen atoms in total. The van der Waals surface area contributed by atoms with E-state index in [2.05, 4.69) is 17.1 Å². The van der Waals surface area contributed by atoms with Gasteiger partial charge in [0.1, 0.15) is 0 Å². The van der Waals surface area contributed by atoms with Gasteiger partial charge in [-0.05, 0) is 6.92 Å². The molecule has 1 atom stereocenters. The molecule has 0 saturated carbocycles. The monoisotopic (exact) mass is 225 g/mol. The van der Waals surface area contributed by atoms with Crippen LogP contribution in [0.3, 0.4) is 0 Å². The summed E-state index contributed by atoms with van der Waals surface area (Å²) in [4.78, 5) is 26.6. The third-order valence-corrected chi connectivity index (χ3v) is 3.40. The summed E-state index contributed by atoms with van der Waals surface area (Å²) < 4.78 is 0. The van der Waals surface area contributed by atoms with E-state index in [9.17, 15) is 9.59 Å². The first-order valence-electron chi connectivity index (χ1n) is 5.96. The average molecular weight is 225 g/mol. The number of nitrogens with one attached hydrogen (secondary N) is 1. The number of carbonyl (C=O) groups excluding carboxylic acids is 2. The minimum Gasteiger partial charge on any atom is -0.314 e. The van der Waals surface area contributed by atoms with Gasteiger partial charge in [0.2, 0.25) is 11.8 Å². The molecule has 0 bridgehead atoms. The van der Waals surface area contributed by atoms with Crippen molar-refractivity contribution in [1.29, 1.82) is 0 Å². The van der Waals surface area contributed by atoms with Crippen molar-refractivity contribution in [3.05, 3.63) is 0 Å². The summed E-state index contributed by atoms with van der Waals surface area (Å²) in [5, 5.41) is 3.32. The zero-order valence-electron chi connectivity index (χ0n) is 9.74. The van der Waals surface area contributed by atoms with E-state index in [0.717, 1.165) is 26.2 Å². The molecule has 0 radical (unpaired) electrons. The van der Waals surface area contributed by atoms with Crippen LogP contribution in [0.1, 0.15) is 19.8 Å². The quantitative estimate of drug-likeness (QED) is 0.654. The lowest BCUT2D eigenvalue weighted by Gasteiger charge is -2.34. The Kier molecular flexibility index (Phi) is 3.56. The number of hydrogen-bond acceptors (Lipinski definition) is 4. The van der Waals surface area contributed by atoms with E-state index in [4.69, 9.17) is 0 Å².